The quantitative estimate of drug-likeness (QED) is 0.896. The van der Waals surface area contributed by atoms with Crippen molar-refractivity contribution < 1.29 is 14.6 Å². The number of carbonyl (C=O) groups excluding carboxylic acids is 1. The van der Waals surface area contributed by atoms with Gasteiger partial charge in [0.1, 0.15) is 12.2 Å². The van der Waals surface area contributed by atoms with Gasteiger partial charge in [-0.15, -0.1) is 0 Å². The van der Waals surface area contributed by atoms with Gasteiger partial charge < -0.3 is 14.7 Å². The highest BCUT2D eigenvalue weighted by Crippen LogP contribution is 2.24. The molecule has 1 aliphatic rings. The third-order valence-corrected chi connectivity index (χ3v) is 4.06. The molecule has 0 spiro atoms. The van der Waals surface area contributed by atoms with Crippen LogP contribution < -0.4 is 4.74 Å². The van der Waals surface area contributed by atoms with Crippen LogP contribution in [0, 0.1) is 19.8 Å². The smallest absolute Gasteiger partial charge is 0.316 e. The normalized spacial score (nSPS) is 17.4. The standard InChI is InChI=1S/C17H27N3O3/c1-12(2)9-15(21)20-7-5-17(22,6-8-20)11-23-16-18-13(3)10-14(4)19-16/h10,12,22H,5-9,11H2,1-4H3. The first-order valence-electron chi connectivity index (χ1n) is 8.23. The molecule has 6 nitrogen and oxygen atoms in total. The number of carbonyl (C=O) groups is 1. The number of aryl methyl sites for hydroxylation is 2. The monoisotopic (exact) mass is 321 g/mol. The van der Waals surface area contributed by atoms with Crippen LogP contribution in [-0.2, 0) is 4.79 Å². The first kappa shape index (κ1) is 17.7. The van der Waals surface area contributed by atoms with Crippen molar-refractivity contribution in [3.05, 3.63) is 17.5 Å². The number of likely N-dealkylation sites (tertiary alicyclic amines) is 1. The summed E-state index contributed by atoms with van der Waals surface area (Å²) in [5, 5.41) is 10.6. The summed E-state index contributed by atoms with van der Waals surface area (Å²) in [5.74, 6) is 0.522. The highest BCUT2D eigenvalue weighted by Gasteiger charge is 2.35. The molecule has 1 amide bonds. The molecule has 1 aliphatic heterocycles. The van der Waals surface area contributed by atoms with Gasteiger partial charge in [-0.1, -0.05) is 13.8 Å². The Morgan fingerprint density at radius 2 is 1.87 bits per heavy atom. The summed E-state index contributed by atoms with van der Waals surface area (Å²) in [7, 11) is 0. The number of hydrogen-bond acceptors (Lipinski definition) is 5. The molecule has 1 aromatic rings. The number of amides is 1. The molecule has 0 atom stereocenters. The van der Waals surface area contributed by atoms with E-state index in [0.29, 0.717) is 44.3 Å². The summed E-state index contributed by atoms with van der Waals surface area (Å²) in [4.78, 5) is 22.3. The highest BCUT2D eigenvalue weighted by atomic mass is 16.5. The summed E-state index contributed by atoms with van der Waals surface area (Å²) < 4.78 is 5.59. The fourth-order valence-corrected chi connectivity index (χ4v) is 2.75. The molecule has 2 rings (SSSR count). The van der Waals surface area contributed by atoms with Crippen LogP contribution in [0.25, 0.3) is 0 Å². The summed E-state index contributed by atoms with van der Waals surface area (Å²) in [6.07, 6.45) is 1.59. The maximum atomic E-state index is 12.1. The van der Waals surface area contributed by atoms with Gasteiger partial charge in [-0.05, 0) is 38.7 Å². The molecule has 6 heteroatoms. The maximum absolute atomic E-state index is 12.1. The second-order valence-corrected chi connectivity index (χ2v) is 6.93. The number of piperidine rings is 1. The fraction of sp³-hybridized carbons (Fsp3) is 0.706. The van der Waals surface area contributed by atoms with Gasteiger partial charge in [0, 0.05) is 30.9 Å². The minimum Gasteiger partial charge on any atom is -0.460 e. The molecule has 1 aromatic heterocycles. The van der Waals surface area contributed by atoms with Crippen molar-refractivity contribution in [3.8, 4) is 6.01 Å². The van der Waals surface area contributed by atoms with Crippen molar-refractivity contribution in [1.29, 1.82) is 0 Å². The molecular weight excluding hydrogens is 294 g/mol. The van der Waals surface area contributed by atoms with Crippen molar-refractivity contribution in [3.63, 3.8) is 0 Å². The van der Waals surface area contributed by atoms with Crippen LogP contribution in [-0.4, -0.2) is 51.2 Å². The molecule has 0 aliphatic carbocycles. The lowest BCUT2D eigenvalue weighted by Crippen LogP contribution is -2.49. The van der Waals surface area contributed by atoms with Crippen molar-refractivity contribution in [2.45, 2.75) is 52.6 Å². The van der Waals surface area contributed by atoms with Gasteiger partial charge in [-0.25, -0.2) is 9.97 Å². The molecule has 1 fully saturated rings. The van der Waals surface area contributed by atoms with E-state index in [9.17, 15) is 9.90 Å². The second-order valence-electron chi connectivity index (χ2n) is 6.93. The molecular formula is C17H27N3O3. The molecule has 0 bridgehead atoms. The Morgan fingerprint density at radius 3 is 2.39 bits per heavy atom. The lowest BCUT2D eigenvalue weighted by Gasteiger charge is -2.38. The van der Waals surface area contributed by atoms with Crippen LogP contribution in [0.2, 0.25) is 0 Å². The number of aromatic nitrogens is 2. The van der Waals surface area contributed by atoms with Gasteiger partial charge in [0.05, 0.1) is 0 Å². The maximum Gasteiger partial charge on any atom is 0.316 e. The molecule has 23 heavy (non-hydrogen) atoms. The van der Waals surface area contributed by atoms with Crippen molar-refractivity contribution in [1.82, 2.24) is 14.9 Å². The van der Waals surface area contributed by atoms with Crippen LogP contribution in [0.15, 0.2) is 6.07 Å². The Morgan fingerprint density at radius 1 is 1.30 bits per heavy atom. The van der Waals surface area contributed by atoms with Crippen LogP contribution in [0.4, 0.5) is 0 Å². The third kappa shape index (κ3) is 5.16. The lowest BCUT2D eigenvalue weighted by atomic mass is 9.92. The number of nitrogens with zero attached hydrogens (tertiary/aromatic N) is 3. The Kier molecular flexibility index (Phi) is 5.57. The van der Waals surface area contributed by atoms with E-state index in [0.717, 1.165) is 11.4 Å². The van der Waals surface area contributed by atoms with E-state index in [4.69, 9.17) is 4.74 Å². The largest absolute Gasteiger partial charge is 0.460 e. The Bertz CT molecular complexity index is 532. The van der Waals surface area contributed by atoms with E-state index >= 15 is 0 Å². The topological polar surface area (TPSA) is 75.6 Å². The molecule has 0 unspecified atom stereocenters. The summed E-state index contributed by atoms with van der Waals surface area (Å²) in [5.41, 5.74) is 0.762. The molecule has 128 valence electrons. The molecule has 0 aromatic carbocycles. The Hall–Kier alpha value is -1.69. The zero-order valence-corrected chi connectivity index (χ0v) is 14.5. The van der Waals surface area contributed by atoms with Gasteiger partial charge in [0.15, 0.2) is 0 Å². The molecule has 0 saturated carbocycles. The number of aliphatic hydroxyl groups is 1. The Balaban J connectivity index is 1.86. The Labute approximate surface area is 137 Å². The minimum absolute atomic E-state index is 0.155. The molecule has 1 saturated heterocycles. The lowest BCUT2D eigenvalue weighted by molar-refractivity contribution is -0.137. The summed E-state index contributed by atoms with van der Waals surface area (Å²) in [6.45, 7) is 9.14. The number of ether oxygens (including phenoxy) is 1. The van der Waals surface area contributed by atoms with Crippen LogP contribution in [0.5, 0.6) is 6.01 Å². The molecule has 0 radical (unpaired) electrons. The summed E-state index contributed by atoms with van der Waals surface area (Å²) in [6, 6.07) is 2.18. The highest BCUT2D eigenvalue weighted by molar-refractivity contribution is 5.76. The zero-order chi connectivity index (χ0) is 17.0. The van der Waals surface area contributed by atoms with Gasteiger partial charge in [0.2, 0.25) is 5.91 Å². The average Bonchev–Trinajstić information content (AvgIpc) is 2.44. The van der Waals surface area contributed by atoms with Gasteiger partial charge >= 0.3 is 6.01 Å². The molecule has 1 N–H and O–H groups in total. The SMILES string of the molecule is Cc1cc(C)nc(OCC2(O)CCN(C(=O)CC(C)C)CC2)n1. The fourth-order valence-electron chi connectivity index (χ4n) is 2.75. The zero-order valence-electron chi connectivity index (χ0n) is 14.5. The van der Waals surface area contributed by atoms with Crippen LogP contribution in [0.3, 0.4) is 0 Å². The van der Waals surface area contributed by atoms with Crippen molar-refractivity contribution in [2.24, 2.45) is 5.92 Å². The van der Waals surface area contributed by atoms with Gasteiger partial charge in [0.25, 0.3) is 0 Å². The van der Waals surface area contributed by atoms with E-state index < -0.39 is 5.60 Å². The minimum atomic E-state index is -0.921. The van der Waals surface area contributed by atoms with Gasteiger partial charge in [-0.3, -0.25) is 4.79 Å². The van der Waals surface area contributed by atoms with Gasteiger partial charge in [-0.2, -0.15) is 0 Å². The predicted molar refractivity (Wildman–Crippen MR) is 87.2 cm³/mol. The first-order chi connectivity index (χ1) is 10.8. The second kappa shape index (κ2) is 7.25. The average molecular weight is 321 g/mol. The number of rotatable bonds is 5. The van der Waals surface area contributed by atoms with Crippen LogP contribution in [0.1, 0.15) is 44.5 Å². The van der Waals surface area contributed by atoms with E-state index in [1.165, 1.54) is 0 Å². The van der Waals surface area contributed by atoms with E-state index in [1.54, 1.807) is 0 Å². The van der Waals surface area contributed by atoms with Crippen molar-refractivity contribution in [2.75, 3.05) is 19.7 Å². The van der Waals surface area contributed by atoms with E-state index in [2.05, 4.69) is 9.97 Å². The first-order valence-corrected chi connectivity index (χ1v) is 8.23. The van der Waals surface area contributed by atoms with E-state index in [1.807, 2.05) is 38.7 Å². The molecule has 2 heterocycles. The van der Waals surface area contributed by atoms with Crippen LogP contribution >= 0.6 is 0 Å². The summed E-state index contributed by atoms with van der Waals surface area (Å²) >= 11 is 0. The van der Waals surface area contributed by atoms with E-state index in [-0.39, 0.29) is 12.5 Å². The van der Waals surface area contributed by atoms with Crippen molar-refractivity contribution >= 4 is 5.91 Å². The third-order valence-electron chi connectivity index (χ3n) is 4.06. The predicted octanol–water partition coefficient (Wildman–Crippen LogP) is 1.87. The number of hydrogen-bond donors (Lipinski definition) is 1.